The molecule has 0 spiro atoms. The van der Waals surface area contributed by atoms with Gasteiger partial charge in [-0.3, -0.25) is 10.1 Å². The summed E-state index contributed by atoms with van der Waals surface area (Å²) in [6.45, 7) is 5.63. The molecular weight excluding hydrogens is 426 g/mol. The number of amides is 1. The molecule has 0 fully saturated rings. The lowest BCUT2D eigenvalue weighted by Crippen LogP contribution is -2.35. The quantitative estimate of drug-likeness (QED) is 0.621. The van der Waals surface area contributed by atoms with Crippen LogP contribution in [-0.4, -0.2) is 36.9 Å². The SMILES string of the molecule is CC(=O)Nc1onc(C)c1-c1ccc(C)c(S(=O)(=O)N2CC=C(c3ccccc3)CC2)c1. The number of hydrogen-bond donors (Lipinski definition) is 1. The van der Waals surface area contributed by atoms with Crippen molar-refractivity contribution in [1.82, 2.24) is 9.46 Å². The molecule has 32 heavy (non-hydrogen) atoms. The average Bonchev–Trinajstić information content (AvgIpc) is 3.14. The molecule has 0 saturated heterocycles. The Kier molecular flexibility index (Phi) is 5.99. The number of nitrogens with zero attached hydrogens (tertiary/aromatic N) is 2. The number of carbonyl (C=O) groups is 1. The third-order valence-corrected chi connectivity index (χ3v) is 7.57. The lowest BCUT2D eigenvalue weighted by molar-refractivity contribution is -0.114. The summed E-state index contributed by atoms with van der Waals surface area (Å²) in [6.07, 6.45) is 2.63. The molecule has 1 aliphatic rings. The molecule has 0 radical (unpaired) electrons. The van der Waals surface area contributed by atoms with E-state index in [4.69, 9.17) is 4.52 Å². The number of hydrogen-bond acceptors (Lipinski definition) is 5. The summed E-state index contributed by atoms with van der Waals surface area (Å²) >= 11 is 0. The van der Waals surface area contributed by atoms with Crippen LogP contribution in [-0.2, 0) is 14.8 Å². The maximum atomic E-state index is 13.5. The Morgan fingerprint density at radius 2 is 1.84 bits per heavy atom. The minimum atomic E-state index is -3.71. The molecule has 1 aliphatic heterocycles. The first-order chi connectivity index (χ1) is 15.3. The van der Waals surface area contributed by atoms with Crippen LogP contribution in [0.2, 0.25) is 0 Å². The summed E-state index contributed by atoms with van der Waals surface area (Å²) in [4.78, 5) is 11.8. The molecule has 8 heteroatoms. The molecule has 0 atom stereocenters. The number of anilines is 1. The van der Waals surface area contributed by atoms with E-state index in [0.717, 1.165) is 11.1 Å². The van der Waals surface area contributed by atoms with Crippen molar-refractivity contribution in [2.24, 2.45) is 0 Å². The highest BCUT2D eigenvalue weighted by Gasteiger charge is 2.29. The molecule has 0 saturated carbocycles. The van der Waals surface area contributed by atoms with E-state index in [1.165, 1.54) is 11.2 Å². The van der Waals surface area contributed by atoms with Gasteiger partial charge in [0.25, 0.3) is 0 Å². The van der Waals surface area contributed by atoms with Crippen LogP contribution >= 0.6 is 0 Å². The van der Waals surface area contributed by atoms with Crippen molar-refractivity contribution in [1.29, 1.82) is 0 Å². The van der Waals surface area contributed by atoms with E-state index >= 15 is 0 Å². The number of carbonyl (C=O) groups excluding carboxylic acids is 1. The molecular formula is C24H25N3O4S. The van der Waals surface area contributed by atoms with Crippen LogP contribution < -0.4 is 5.32 Å². The molecule has 0 aliphatic carbocycles. The first kappa shape index (κ1) is 22.0. The molecule has 166 valence electrons. The summed E-state index contributed by atoms with van der Waals surface area (Å²) in [5, 5.41) is 6.54. The van der Waals surface area contributed by atoms with Gasteiger partial charge in [-0.15, -0.1) is 0 Å². The molecule has 0 bridgehead atoms. The summed E-state index contributed by atoms with van der Waals surface area (Å²) in [5.41, 5.74) is 4.69. The fraction of sp³-hybridized carbons (Fsp3) is 0.250. The van der Waals surface area contributed by atoms with Crippen molar-refractivity contribution in [2.75, 3.05) is 18.4 Å². The van der Waals surface area contributed by atoms with Gasteiger partial charge in [0.1, 0.15) is 0 Å². The number of aryl methyl sites for hydroxylation is 2. The van der Waals surface area contributed by atoms with Gasteiger partial charge in [0.2, 0.25) is 21.8 Å². The summed E-state index contributed by atoms with van der Waals surface area (Å²) in [6, 6.07) is 15.2. The van der Waals surface area contributed by atoms with Gasteiger partial charge in [-0.2, -0.15) is 4.31 Å². The van der Waals surface area contributed by atoms with Gasteiger partial charge in [-0.05, 0) is 48.6 Å². The van der Waals surface area contributed by atoms with Crippen LogP contribution in [0.5, 0.6) is 0 Å². The number of rotatable bonds is 5. The molecule has 3 aromatic rings. The second-order valence-electron chi connectivity index (χ2n) is 7.84. The van der Waals surface area contributed by atoms with E-state index < -0.39 is 10.0 Å². The van der Waals surface area contributed by atoms with E-state index in [1.807, 2.05) is 42.5 Å². The number of aromatic nitrogens is 1. The molecule has 2 heterocycles. The highest BCUT2D eigenvalue weighted by Crippen LogP contribution is 2.35. The van der Waals surface area contributed by atoms with Crippen molar-refractivity contribution >= 4 is 27.4 Å². The van der Waals surface area contributed by atoms with Gasteiger partial charge in [-0.1, -0.05) is 53.7 Å². The standard InChI is InChI=1S/C24H25N3O4S/c1-16-9-10-21(23-17(2)26-31-24(23)25-18(3)28)15-22(16)32(29,30)27-13-11-20(12-14-27)19-7-5-4-6-8-19/h4-11,15H,12-14H2,1-3H3,(H,25,28). The Labute approximate surface area is 187 Å². The van der Waals surface area contributed by atoms with E-state index in [0.29, 0.717) is 41.9 Å². The van der Waals surface area contributed by atoms with Gasteiger partial charge in [0.05, 0.1) is 16.2 Å². The van der Waals surface area contributed by atoms with E-state index in [1.54, 1.807) is 26.0 Å². The van der Waals surface area contributed by atoms with Gasteiger partial charge in [0.15, 0.2) is 0 Å². The van der Waals surface area contributed by atoms with Crippen molar-refractivity contribution in [3.8, 4) is 11.1 Å². The minimum Gasteiger partial charge on any atom is -0.337 e. The van der Waals surface area contributed by atoms with Crippen LogP contribution in [0.3, 0.4) is 0 Å². The number of benzene rings is 2. The first-order valence-electron chi connectivity index (χ1n) is 10.4. The Morgan fingerprint density at radius 1 is 1.09 bits per heavy atom. The largest absolute Gasteiger partial charge is 0.337 e. The Balaban J connectivity index is 1.67. The Hall–Kier alpha value is -3.23. The second kappa shape index (κ2) is 8.72. The van der Waals surface area contributed by atoms with Crippen LogP contribution in [0.25, 0.3) is 16.7 Å². The van der Waals surface area contributed by atoms with E-state index in [9.17, 15) is 13.2 Å². The zero-order valence-corrected chi connectivity index (χ0v) is 19.1. The molecule has 2 aromatic carbocycles. The van der Waals surface area contributed by atoms with E-state index in [-0.39, 0.29) is 16.7 Å². The fourth-order valence-electron chi connectivity index (χ4n) is 3.91. The van der Waals surface area contributed by atoms with Crippen LogP contribution in [0.4, 0.5) is 5.88 Å². The summed E-state index contributed by atoms with van der Waals surface area (Å²) in [5.74, 6) is -0.0905. The first-order valence-corrected chi connectivity index (χ1v) is 11.8. The monoisotopic (exact) mass is 451 g/mol. The van der Waals surface area contributed by atoms with Crippen molar-refractivity contribution in [2.45, 2.75) is 32.1 Å². The maximum Gasteiger partial charge on any atom is 0.243 e. The van der Waals surface area contributed by atoms with Crippen LogP contribution in [0.15, 0.2) is 64.0 Å². The Morgan fingerprint density at radius 3 is 2.50 bits per heavy atom. The average molecular weight is 452 g/mol. The predicted octanol–water partition coefficient (Wildman–Crippen LogP) is 4.39. The van der Waals surface area contributed by atoms with Crippen molar-refractivity contribution in [3.63, 3.8) is 0 Å². The van der Waals surface area contributed by atoms with Crippen molar-refractivity contribution in [3.05, 3.63) is 71.4 Å². The van der Waals surface area contributed by atoms with E-state index in [2.05, 4.69) is 10.5 Å². The fourth-order valence-corrected chi connectivity index (χ4v) is 5.54. The zero-order chi connectivity index (χ0) is 22.9. The van der Waals surface area contributed by atoms with Crippen LogP contribution in [0, 0.1) is 13.8 Å². The third kappa shape index (κ3) is 4.24. The van der Waals surface area contributed by atoms with Crippen molar-refractivity contribution < 1.29 is 17.7 Å². The van der Waals surface area contributed by atoms with Gasteiger partial charge >= 0.3 is 0 Å². The highest BCUT2D eigenvalue weighted by molar-refractivity contribution is 7.89. The molecule has 1 N–H and O–H groups in total. The minimum absolute atomic E-state index is 0.204. The smallest absolute Gasteiger partial charge is 0.243 e. The number of nitrogens with one attached hydrogen (secondary N) is 1. The maximum absolute atomic E-state index is 13.5. The summed E-state index contributed by atoms with van der Waals surface area (Å²) < 4.78 is 33.8. The third-order valence-electron chi connectivity index (χ3n) is 5.56. The zero-order valence-electron chi connectivity index (χ0n) is 18.3. The number of sulfonamides is 1. The van der Waals surface area contributed by atoms with Gasteiger partial charge < -0.3 is 4.52 Å². The molecule has 0 unspecified atom stereocenters. The second-order valence-corrected chi connectivity index (χ2v) is 9.75. The lowest BCUT2D eigenvalue weighted by Gasteiger charge is -2.27. The molecule has 1 aromatic heterocycles. The Bertz CT molecular complexity index is 1290. The highest BCUT2D eigenvalue weighted by atomic mass is 32.2. The molecule has 1 amide bonds. The normalized spacial score (nSPS) is 14.8. The van der Waals surface area contributed by atoms with Gasteiger partial charge in [0, 0.05) is 20.0 Å². The lowest BCUT2D eigenvalue weighted by atomic mass is 10.0. The van der Waals surface area contributed by atoms with Crippen LogP contribution in [0.1, 0.15) is 30.2 Å². The topological polar surface area (TPSA) is 92.5 Å². The molecule has 4 rings (SSSR count). The predicted molar refractivity (Wildman–Crippen MR) is 124 cm³/mol. The molecule has 7 nitrogen and oxygen atoms in total. The summed E-state index contributed by atoms with van der Waals surface area (Å²) in [7, 11) is -3.71. The van der Waals surface area contributed by atoms with Gasteiger partial charge in [-0.25, -0.2) is 8.42 Å².